The molecular formula is C23H25N5O3S. The summed E-state index contributed by atoms with van der Waals surface area (Å²) < 4.78 is 22.7. The number of amides is 1. The first-order valence-electron chi connectivity index (χ1n) is 10.4. The molecule has 0 radical (unpaired) electrons. The minimum Gasteiger partial charge on any atom is -0.355 e. The van der Waals surface area contributed by atoms with E-state index in [9.17, 15) is 13.2 Å². The lowest BCUT2D eigenvalue weighted by Crippen LogP contribution is -2.33. The van der Waals surface area contributed by atoms with E-state index < -0.39 is 10.0 Å². The van der Waals surface area contributed by atoms with E-state index in [4.69, 9.17) is 5.14 Å². The molecule has 1 saturated heterocycles. The lowest BCUT2D eigenvalue weighted by molar-refractivity contribution is 0.102. The molecule has 1 amide bonds. The van der Waals surface area contributed by atoms with Crippen molar-refractivity contribution in [2.24, 2.45) is 11.1 Å². The van der Waals surface area contributed by atoms with Crippen LogP contribution in [0.4, 0.5) is 11.5 Å². The maximum Gasteiger partial charge on any atom is 0.255 e. The standard InChI is InChI=1S/C23H25N5O3S/c1-16-12-14-28(15-13-16)22-11-10-21(26-27-22)17-2-6-19(7-3-17)25-23(29)18-4-8-20(9-5-18)32(24,30)31/h2-11,16H,12-15H2,1H3,(H,25,29)(H2,24,30,31). The second-order valence-corrected chi connectivity index (χ2v) is 9.61. The SMILES string of the molecule is CC1CCN(c2ccc(-c3ccc(NC(=O)c4ccc(S(N)(=O)=O)cc4)cc3)nn2)CC1. The number of carbonyl (C=O) groups excluding carboxylic acids is 1. The molecule has 3 aromatic rings. The fourth-order valence-corrected chi connectivity index (χ4v) is 4.12. The van der Waals surface area contributed by atoms with Gasteiger partial charge in [0, 0.05) is 29.9 Å². The summed E-state index contributed by atoms with van der Waals surface area (Å²) in [5.74, 6) is 1.32. The Hall–Kier alpha value is -3.30. The number of carbonyl (C=O) groups is 1. The summed E-state index contributed by atoms with van der Waals surface area (Å²) in [4.78, 5) is 14.6. The highest BCUT2D eigenvalue weighted by Crippen LogP contribution is 2.24. The Kier molecular flexibility index (Phi) is 6.20. The Labute approximate surface area is 187 Å². The summed E-state index contributed by atoms with van der Waals surface area (Å²) in [6.07, 6.45) is 2.35. The molecule has 9 heteroatoms. The molecule has 166 valence electrons. The minimum atomic E-state index is -3.79. The number of primary sulfonamides is 1. The van der Waals surface area contributed by atoms with Crippen molar-refractivity contribution in [3.63, 3.8) is 0 Å². The van der Waals surface area contributed by atoms with E-state index in [0.717, 1.165) is 36.1 Å². The quantitative estimate of drug-likeness (QED) is 0.615. The molecular weight excluding hydrogens is 426 g/mol. The number of sulfonamides is 1. The van der Waals surface area contributed by atoms with Gasteiger partial charge in [-0.25, -0.2) is 13.6 Å². The van der Waals surface area contributed by atoms with Crippen LogP contribution in [0.1, 0.15) is 30.1 Å². The van der Waals surface area contributed by atoms with Gasteiger partial charge in [-0.3, -0.25) is 4.79 Å². The van der Waals surface area contributed by atoms with Gasteiger partial charge < -0.3 is 10.2 Å². The van der Waals surface area contributed by atoms with Crippen molar-refractivity contribution in [1.29, 1.82) is 0 Å². The van der Waals surface area contributed by atoms with Crippen LogP contribution < -0.4 is 15.4 Å². The minimum absolute atomic E-state index is 0.0413. The van der Waals surface area contributed by atoms with Crippen LogP contribution >= 0.6 is 0 Å². The van der Waals surface area contributed by atoms with Gasteiger partial charge in [-0.2, -0.15) is 0 Å². The fourth-order valence-electron chi connectivity index (χ4n) is 3.61. The van der Waals surface area contributed by atoms with Gasteiger partial charge in [0.25, 0.3) is 5.91 Å². The van der Waals surface area contributed by atoms with Gasteiger partial charge in [0.05, 0.1) is 10.6 Å². The highest BCUT2D eigenvalue weighted by molar-refractivity contribution is 7.89. The molecule has 2 aromatic carbocycles. The lowest BCUT2D eigenvalue weighted by atomic mass is 9.99. The Balaban J connectivity index is 1.40. The van der Waals surface area contributed by atoms with Gasteiger partial charge in [-0.15, -0.1) is 10.2 Å². The fraction of sp³-hybridized carbons (Fsp3) is 0.261. The number of piperidine rings is 1. The number of benzene rings is 2. The maximum atomic E-state index is 12.4. The number of hydrogen-bond acceptors (Lipinski definition) is 6. The van der Waals surface area contributed by atoms with Crippen LogP contribution in [0, 0.1) is 5.92 Å². The van der Waals surface area contributed by atoms with Crippen LogP contribution in [0.15, 0.2) is 65.6 Å². The third kappa shape index (κ3) is 5.12. The van der Waals surface area contributed by atoms with Gasteiger partial charge >= 0.3 is 0 Å². The Morgan fingerprint density at radius 1 is 0.969 bits per heavy atom. The van der Waals surface area contributed by atoms with E-state index in [0.29, 0.717) is 11.3 Å². The summed E-state index contributed by atoms with van der Waals surface area (Å²) >= 11 is 0. The number of hydrogen-bond donors (Lipinski definition) is 2. The van der Waals surface area contributed by atoms with Gasteiger partial charge in [0.15, 0.2) is 5.82 Å². The van der Waals surface area contributed by atoms with E-state index in [2.05, 4.69) is 27.3 Å². The molecule has 1 fully saturated rings. The molecule has 0 aliphatic carbocycles. The summed E-state index contributed by atoms with van der Waals surface area (Å²) in [7, 11) is -3.79. The summed E-state index contributed by atoms with van der Waals surface area (Å²) in [5, 5.41) is 16.6. The topological polar surface area (TPSA) is 118 Å². The molecule has 1 aliphatic rings. The second-order valence-electron chi connectivity index (χ2n) is 8.05. The van der Waals surface area contributed by atoms with E-state index in [1.165, 1.54) is 37.1 Å². The summed E-state index contributed by atoms with van der Waals surface area (Å²) in [5.41, 5.74) is 2.60. The van der Waals surface area contributed by atoms with Crippen LogP contribution in [0.25, 0.3) is 11.3 Å². The number of nitrogens with zero attached hydrogens (tertiary/aromatic N) is 3. The van der Waals surface area contributed by atoms with Gasteiger partial charge in [-0.1, -0.05) is 19.1 Å². The first-order valence-corrected chi connectivity index (χ1v) is 12.0. The number of aromatic nitrogens is 2. The molecule has 3 N–H and O–H groups in total. The largest absolute Gasteiger partial charge is 0.355 e. The molecule has 4 rings (SSSR count). The average Bonchev–Trinajstić information content (AvgIpc) is 2.80. The molecule has 0 atom stereocenters. The van der Waals surface area contributed by atoms with Crippen molar-refractivity contribution >= 4 is 27.4 Å². The molecule has 8 nitrogen and oxygen atoms in total. The zero-order chi connectivity index (χ0) is 22.7. The Morgan fingerprint density at radius 3 is 2.19 bits per heavy atom. The second kappa shape index (κ2) is 9.05. The molecule has 0 bridgehead atoms. The van der Waals surface area contributed by atoms with E-state index in [1.807, 2.05) is 24.3 Å². The highest BCUT2D eigenvalue weighted by atomic mass is 32.2. The van der Waals surface area contributed by atoms with Gasteiger partial charge in [-0.05, 0) is 67.3 Å². The Bertz CT molecular complexity index is 1190. The molecule has 0 unspecified atom stereocenters. The normalized spacial score (nSPS) is 14.9. The lowest BCUT2D eigenvalue weighted by Gasteiger charge is -2.30. The molecule has 0 saturated carbocycles. The third-order valence-corrected chi connectivity index (χ3v) is 6.57. The van der Waals surface area contributed by atoms with Crippen molar-refractivity contribution in [3.8, 4) is 11.3 Å². The number of anilines is 2. The molecule has 2 heterocycles. The van der Waals surface area contributed by atoms with Crippen LogP contribution in [-0.2, 0) is 10.0 Å². The molecule has 1 aromatic heterocycles. The van der Waals surface area contributed by atoms with Crippen molar-refractivity contribution in [1.82, 2.24) is 10.2 Å². The number of rotatable bonds is 5. The predicted molar refractivity (Wildman–Crippen MR) is 124 cm³/mol. The van der Waals surface area contributed by atoms with Crippen LogP contribution in [0.3, 0.4) is 0 Å². The first-order chi connectivity index (χ1) is 15.3. The van der Waals surface area contributed by atoms with Crippen LogP contribution in [0.5, 0.6) is 0 Å². The predicted octanol–water partition coefficient (Wildman–Crippen LogP) is 3.28. The molecule has 0 spiro atoms. The number of nitrogens with one attached hydrogen (secondary N) is 1. The molecule has 32 heavy (non-hydrogen) atoms. The van der Waals surface area contributed by atoms with Gasteiger partial charge in [0.1, 0.15) is 0 Å². The van der Waals surface area contributed by atoms with Crippen molar-refractivity contribution in [2.75, 3.05) is 23.3 Å². The van der Waals surface area contributed by atoms with Gasteiger partial charge in [0.2, 0.25) is 10.0 Å². The van der Waals surface area contributed by atoms with Crippen molar-refractivity contribution in [2.45, 2.75) is 24.7 Å². The monoisotopic (exact) mass is 451 g/mol. The zero-order valence-corrected chi connectivity index (χ0v) is 18.5. The van der Waals surface area contributed by atoms with E-state index >= 15 is 0 Å². The summed E-state index contributed by atoms with van der Waals surface area (Å²) in [6.45, 7) is 4.30. The van der Waals surface area contributed by atoms with Crippen molar-refractivity contribution in [3.05, 3.63) is 66.2 Å². The van der Waals surface area contributed by atoms with Crippen LogP contribution in [0.2, 0.25) is 0 Å². The number of nitrogens with two attached hydrogens (primary N) is 1. The maximum absolute atomic E-state index is 12.4. The average molecular weight is 452 g/mol. The van der Waals surface area contributed by atoms with Crippen molar-refractivity contribution < 1.29 is 13.2 Å². The zero-order valence-electron chi connectivity index (χ0n) is 17.7. The highest BCUT2D eigenvalue weighted by Gasteiger charge is 2.17. The summed E-state index contributed by atoms with van der Waals surface area (Å²) in [6, 6.07) is 16.7. The smallest absolute Gasteiger partial charge is 0.255 e. The molecule has 1 aliphatic heterocycles. The third-order valence-electron chi connectivity index (χ3n) is 5.64. The van der Waals surface area contributed by atoms with E-state index in [1.54, 1.807) is 12.1 Å². The Morgan fingerprint density at radius 2 is 1.62 bits per heavy atom. The van der Waals surface area contributed by atoms with Crippen LogP contribution in [-0.4, -0.2) is 37.6 Å². The van der Waals surface area contributed by atoms with E-state index in [-0.39, 0.29) is 10.8 Å². The first kappa shape index (κ1) is 21.9.